The maximum absolute atomic E-state index is 12.5. The predicted octanol–water partition coefficient (Wildman–Crippen LogP) is 2.48. The highest BCUT2D eigenvalue weighted by molar-refractivity contribution is 6.30. The molecule has 0 heterocycles. The van der Waals surface area contributed by atoms with E-state index in [2.05, 4.69) is 0 Å². The summed E-state index contributed by atoms with van der Waals surface area (Å²) in [4.78, 5) is 25.0. The fourth-order valence-electron chi connectivity index (χ4n) is 2.59. The molecule has 2 aromatic rings. The van der Waals surface area contributed by atoms with Gasteiger partial charge in [-0.15, -0.1) is 0 Å². The third-order valence-electron chi connectivity index (χ3n) is 3.55. The van der Waals surface area contributed by atoms with E-state index in [1.54, 1.807) is 37.3 Å². The van der Waals surface area contributed by atoms with Crippen LogP contribution in [0.25, 0.3) is 0 Å². The van der Waals surface area contributed by atoms with Gasteiger partial charge in [-0.1, -0.05) is 24.3 Å². The zero-order valence-corrected chi connectivity index (χ0v) is 11.1. The van der Waals surface area contributed by atoms with Crippen molar-refractivity contribution in [2.24, 2.45) is 0 Å². The molecule has 4 heteroatoms. The fourth-order valence-corrected chi connectivity index (χ4v) is 2.59. The molecule has 0 saturated heterocycles. The number of hydrogen-bond acceptors (Lipinski definition) is 4. The number of hydrogen-bond donors (Lipinski definition) is 1. The summed E-state index contributed by atoms with van der Waals surface area (Å²) in [5.74, 6) is -0.678. The van der Waals surface area contributed by atoms with Crippen LogP contribution in [0.4, 0.5) is 0 Å². The molecule has 0 amide bonds. The summed E-state index contributed by atoms with van der Waals surface area (Å²) in [5.41, 5.74) is 1.59. The van der Waals surface area contributed by atoms with Gasteiger partial charge in [0.15, 0.2) is 23.1 Å². The number of ether oxygens (including phenoxy) is 1. The van der Waals surface area contributed by atoms with Gasteiger partial charge >= 0.3 is 0 Å². The average molecular weight is 268 g/mol. The number of aromatic hydroxyl groups is 1. The molecule has 0 atom stereocenters. The average Bonchev–Trinajstić information content (AvgIpc) is 2.46. The number of methoxy groups -OCH3 is 1. The molecule has 1 N–H and O–H groups in total. The van der Waals surface area contributed by atoms with Crippen molar-refractivity contribution < 1.29 is 19.4 Å². The summed E-state index contributed by atoms with van der Waals surface area (Å²) in [6.07, 6.45) is 0. The lowest BCUT2D eigenvalue weighted by Crippen LogP contribution is -2.22. The Morgan fingerprint density at radius 3 is 2.10 bits per heavy atom. The van der Waals surface area contributed by atoms with Gasteiger partial charge in [-0.25, -0.2) is 0 Å². The molecule has 0 spiro atoms. The minimum absolute atomic E-state index is 0.0329. The van der Waals surface area contributed by atoms with E-state index in [4.69, 9.17) is 4.74 Å². The molecule has 0 saturated carbocycles. The largest absolute Gasteiger partial charge is 0.504 e. The molecule has 0 fully saturated rings. The fraction of sp³-hybridized carbons (Fsp3) is 0.125. The van der Waals surface area contributed by atoms with Crippen LogP contribution in [0.5, 0.6) is 11.5 Å². The van der Waals surface area contributed by atoms with Crippen LogP contribution in [0.1, 0.15) is 37.4 Å². The highest BCUT2D eigenvalue weighted by atomic mass is 16.5. The minimum Gasteiger partial charge on any atom is -0.504 e. The van der Waals surface area contributed by atoms with Crippen LogP contribution in [0.2, 0.25) is 0 Å². The van der Waals surface area contributed by atoms with E-state index in [0.717, 1.165) is 0 Å². The first-order valence-corrected chi connectivity index (χ1v) is 6.15. The van der Waals surface area contributed by atoms with Crippen LogP contribution in [-0.4, -0.2) is 23.8 Å². The Morgan fingerprint density at radius 1 is 1.00 bits per heavy atom. The number of fused-ring (bicyclic) bond motifs is 2. The second-order valence-electron chi connectivity index (χ2n) is 4.70. The highest BCUT2D eigenvalue weighted by Crippen LogP contribution is 2.40. The van der Waals surface area contributed by atoms with Gasteiger partial charge in [0.25, 0.3) is 0 Å². The summed E-state index contributed by atoms with van der Waals surface area (Å²) in [6, 6.07) is 8.19. The zero-order chi connectivity index (χ0) is 14.4. The lowest BCUT2D eigenvalue weighted by Gasteiger charge is -2.21. The van der Waals surface area contributed by atoms with Crippen molar-refractivity contribution in [2.75, 3.05) is 7.11 Å². The summed E-state index contributed by atoms with van der Waals surface area (Å²) >= 11 is 0. The Morgan fingerprint density at radius 2 is 1.55 bits per heavy atom. The van der Waals surface area contributed by atoms with Gasteiger partial charge in [0, 0.05) is 16.7 Å². The van der Waals surface area contributed by atoms with Crippen LogP contribution in [-0.2, 0) is 0 Å². The molecule has 3 rings (SSSR count). The van der Waals surface area contributed by atoms with Crippen molar-refractivity contribution in [2.45, 2.75) is 6.92 Å². The maximum atomic E-state index is 12.5. The van der Waals surface area contributed by atoms with E-state index in [1.165, 1.54) is 7.11 Å². The first-order valence-electron chi connectivity index (χ1n) is 6.15. The van der Waals surface area contributed by atoms with Gasteiger partial charge in [-0.2, -0.15) is 0 Å². The van der Waals surface area contributed by atoms with Crippen molar-refractivity contribution in [1.29, 1.82) is 0 Å². The van der Waals surface area contributed by atoms with Crippen LogP contribution < -0.4 is 4.74 Å². The molecule has 0 unspecified atom stereocenters. The van der Waals surface area contributed by atoms with E-state index in [-0.39, 0.29) is 34.2 Å². The third-order valence-corrected chi connectivity index (χ3v) is 3.55. The second kappa shape index (κ2) is 4.20. The van der Waals surface area contributed by atoms with Crippen molar-refractivity contribution in [3.63, 3.8) is 0 Å². The predicted molar refractivity (Wildman–Crippen MR) is 72.7 cm³/mol. The van der Waals surface area contributed by atoms with Gasteiger partial charge in [0.05, 0.1) is 12.7 Å². The Balaban J connectivity index is 2.39. The lowest BCUT2D eigenvalue weighted by molar-refractivity contribution is 0.0975. The van der Waals surface area contributed by atoms with Crippen LogP contribution in [0.3, 0.4) is 0 Å². The Bertz CT molecular complexity index is 759. The number of aryl methyl sites for hydroxylation is 1. The molecular weight excluding hydrogens is 256 g/mol. The number of rotatable bonds is 1. The molecule has 0 bridgehead atoms. The van der Waals surface area contributed by atoms with Gasteiger partial charge in [0.2, 0.25) is 0 Å². The van der Waals surface area contributed by atoms with Gasteiger partial charge in [-0.3, -0.25) is 9.59 Å². The summed E-state index contributed by atoms with van der Waals surface area (Å²) in [6.45, 7) is 1.72. The summed E-state index contributed by atoms with van der Waals surface area (Å²) in [5, 5.41) is 10.2. The minimum atomic E-state index is -0.352. The Labute approximate surface area is 115 Å². The monoisotopic (exact) mass is 268 g/mol. The molecule has 20 heavy (non-hydrogen) atoms. The normalized spacial score (nSPS) is 12.9. The van der Waals surface area contributed by atoms with E-state index < -0.39 is 0 Å². The molecule has 4 nitrogen and oxygen atoms in total. The van der Waals surface area contributed by atoms with Crippen LogP contribution >= 0.6 is 0 Å². The maximum Gasteiger partial charge on any atom is 0.198 e. The smallest absolute Gasteiger partial charge is 0.198 e. The first-order chi connectivity index (χ1) is 9.56. The second-order valence-corrected chi connectivity index (χ2v) is 4.70. The number of carbonyl (C=O) groups excluding carboxylic acids is 2. The molecule has 0 radical (unpaired) electrons. The van der Waals surface area contributed by atoms with Crippen molar-refractivity contribution in [3.05, 3.63) is 58.1 Å². The Hall–Kier alpha value is -2.62. The number of ketones is 2. The van der Waals surface area contributed by atoms with Crippen LogP contribution in [0.15, 0.2) is 30.3 Å². The van der Waals surface area contributed by atoms with E-state index in [1.807, 2.05) is 0 Å². The van der Waals surface area contributed by atoms with Crippen molar-refractivity contribution in [3.8, 4) is 11.5 Å². The lowest BCUT2D eigenvalue weighted by atomic mass is 9.81. The zero-order valence-electron chi connectivity index (χ0n) is 11.1. The highest BCUT2D eigenvalue weighted by Gasteiger charge is 2.34. The van der Waals surface area contributed by atoms with Gasteiger partial charge < -0.3 is 9.84 Å². The molecule has 100 valence electrons. The third kappa shape index (κ3) is 1.48. The number of phenolic OH excluding ortho intramolecular Hbond substituents is 1. The van der Waals surface area contributed by atoms with Crippen molar-refractivity contribution >= 4 is 11.6 Å². The standard InChI is InChI=1S/C16H12O4/c1-8-7-11(20-2)16(19)13-12(8)14(17)9-5-3-4-6-10(9)15(13)18/h3-7,19H,1-2H3. The molecule has 1 aliphatic carbocycles. The van der Waals surface area contributed by atoms with Gasteiger partial charge in [0.1, 0.15) is 0 Å². The molecule has 1 aliphatic rings. The SMILES string of the molecule is COc1cc(C)c2c(c1O)C(=O)c1ccccc1C2=O. The van der Waals surface area contributed by atoms with Gasteiger partial charge in [-0.05, 0) is 18.6 Å². The summed E-state index contributed by atoms with van der Waals surface area (Å²) in [7, 11) is 1.41. The van der Waals surface area contributed by atoms with E-state index in [9.17, 15) is 14.7 Å². The number of phenols is 1. The van der Waals surface area contributed by atoms with Crippen molar-refractivity contribution in [1.82, 2.24) is 0 Å². The number of carbonyl (C=O) groups is 2. The molecular formula is C16H12O4. The Kier molecular flexibility index (Phi) is 2.61. The molecule has 0 aliphatic heterocycles. The molecule has 2 aromatic carbocycles. The van der Waals surface area contributed by atoms with E-state index in [0.29, 0.717) is 16.7 Å². The summed E-state index contributed by atoms with van der Waals surface area (Å²) < 4.78 is 5.05. The topological polar surface area (TPSA) is 63.6 Å². The van der Waals surface area contributed by atoms with Crippen LogP contribution in [0, 0.1) is 6.92 Å². The van der Waals surface area contributed by atoms with E-state index >= 15 is 0 Å². The quantitative estimate of drug-likeness (QED) is 0.736. The first kappa shape index (κ1) is 12.4. The molecule has 0 aromatic heterocycles. The number of benzene rings is 2.